The number of halogens is 2. The summed E-state index contributed by atoms with van der Waals surface area (Å²) in [6.45, 7) is 4.03. The first kappa shape index (κ1) is 18.7. The molecule has 3 heterocycles. The summed E-state index contributed by atoms with van der Waals surface area (Å²) in [4.78, 5) is 2.23. The van der Waals surface area contributed by atoms with E-state index in [1.54, 1.807) is 36.1 Å². The molecule has 4 aromatic rings. The zero-order valence-corrected chi connectivity index (χ0v) is 16.8. The fourth-order valence-corrected chi connectivity index (χ4v) is 4.08. The van der Waals surface area contributed by atoms with E-state index in [0.29, 0.717) is 33.1 Å². The molecule has 0 aliphatic carbocycles. The summed E-state index contributed by atoms with van der Waals surface area (Å²) in [5, 5.41) is 13.7. The Balaban J connectivity index is 1.55. The van der Waals surface area contributed by atoms with Crippen LogP contribution in [-0.2, 0) is 7.05 Å². The van der Waals surface area contributed by atoms with Gasteiger partial charge in [0.2, 0.25) is 0 Å². The number of rotatable bonds is 3. The van der Waals surface area contributed by atoms with Crippen LogP contribution in [0.15, 0.2) is 48.8 Å². The molecule has 5 rings (SSSR count). The molecule has 2 aromatic heterocycles. The van der Waals surface area contributed by atoms with Crippen LogP contribution in [0.3, 0.4) is 0 Å². The standard InChI is InChI=1S/C23H21F2N5/c1-3-30-6-4-14(5-7-30)15-9-19(24)18-12-21(26-27-22(18)11-15)16-8-17-13-29(2)28-23(17)20(25)10-16/h4,6,8-14H,3,5,7H2,1-2H3. The molecule has 0 N–H and O–H groups in total. The second-order valence-electron chi connectivity index (χ2n) is 7.73. The van der Waals surface area contributed by atoms with Crippen LogP contribution in [0.1, 0.15) is 24.8 Å². The van der Waals surface area contributed by atoms with Gasteiger partial charge in [-0.15, -0.1) is 10.2 Å². The van der Waals surface area contributed by atoms with E-state index in [1.807, 2.05) is 6.07 Å². The van der Waals surface area contributed by atoms with Gasteiger partial charge in [0.1, 0.15) is 11.3 Å². The smallest absolute Gasteiger partial charge is 0.151 e. The molecule has 0 spiro atoms. The lowest BCUT2D eigenvalue weighted by Crippen LogP contribution is -2.23. The Kier molecular flexibility index (Phi) is 4.46. The molecule has 2 aromatic carbocycles. The number of nitrogens with zero attached hydrogens (tertiary/aromatic N) is 5. The average molecular weight is 405 g/mol. The van der Waals surface area contributed by atoms with E-state index in [4.69, 9.17) is 0 Å². The van der Waals surface area contributed by atoms with E-state index in [1.165, 1.54) is 6.07 Å². The van der Waals surface area contributed by atoms with Crippen molar-refractivity contribution in [2.45, 2.75) is 19.3 Å². The maximum Gasteiger partial charge on any atom is 0.151 e. The highest BCUT2D eigenvalue weighted by molar-refractivity contribution is 5.87. The fraction of sp³-hybridized carbons (Fsp3) is 0.261. The topological polar surface area (TPSA) is 46.8 Å². The van der Waals surface area contributed by atoms with Gasteiger partial charge in [0, 0.05) is 48.6 Å². The van der Waals surface area contributed by atoms with Gasteiger partial charge in [-0.1, -0.05) is 6.08 Å². The van der Waals surface area contributed by atoms with Gasteiger partial charge in [-0.2, -0.15) is 5.10 Å². The second-order valence-corrected chi connectivity index (χ2v) is 7.73. The van der Waals surface area contributed by atoms with E-state index >= 15 is 0 Å². The molecular formula is C23H21F2N5. The summed E-state index contributed by atoms with van der Waals surface area (Å²) in [6, 6.07) is 8.27. The maximum absolute atomic E-state index is 15.0. The van der Waals surface area contributed by atoms with Crippen molar-refractivity contribution in [3.63, 3.8) is 0 Å². The average Bonchev–Trinajstić information content (AvgIpc) is 3.14. The van der Waals surface area contributed by atoms with Gasteiger partial charge in [0.25, 0.3) is 0 Å². The van der Waals surface area contributed by atoms with Gasteiger partial charge < -0.3 is 4.90 Å². The fourth-order valence-electron chi connectivity index (χ4n) is 4.08. The summed E-state index contributed by atoms with van der Waals surface area (Å²) in [5.41, 5.74) is 2.67. The molecule has 1 aliphatic rings. The summed E-state index contributed by atoms with van der Waals surface area (Å²) in [6.07, 6.45) is 6.86. The van der Waals surface area contributed by atoms with Crippen LogP contribution in [0.25, 0.3) is 33.1 Å². The van der Waals surface area contributed by atoms with Crippen molar-refractivity contribution in [3.05, 3.63) is 66.0 Å². The Morgan fingerprint density at radius 2 is 1.93 bits per heavy atom. The third-order valence-corrected chi connectivity index (χ3v) is 5.74. The quantitative estimate of drug-likeness (QED) is 0.492. The Morgan fingerprint density at radius 1 is 1.07 bits per heavy atom. The van der Waals surface area contributed by atoms with Crippen LogP contribution in [0.5, 0.6) is 0 Å². The van der Waals surface area contributed by atoms with Crippen molar-refractivity contribution >= 4 is 21.8 Å². The Morgan fingerprint density at radius 3 is 2.70 bits per heavy atom. The predicted octanol–water partition coefficient (Wildman–Crippen LogP) is 4.78. The molecule has 0 bridgehead atoms. The Bertz CT molecular complexity index is 1290. The first-order valence-electron chi connectivity index (χ1n) is 10.0. The number of aryl methyl sites for hydroxylation is 1. The number of allylic oxidation sites excluding steroid dienone is 1. The molecule has 30 heavy (non-hydrogen) atoms. The molecule has 7 heteroatoms. The Labute approximate surface area is 172 Å². The van der Waals surface area contributed by atoms with Crippen LogP contribution in [0.2, 0.25) is 0 Å². The van der Waals surface area contributed by atoms with Gasteiger partial charge in [-0.3, -0.25) is 4.68 Å². The van der Waals surface area contributed by atoms with E-state index in [9.17, 15) is 8.78 Å². The molecule has 152 valence electrons. The SMILES string of the molecule is CCN1C=CC(c2cc(F)c3cc(-c4cc(F)c5nn(C)cc5c4)nnc3c2)CC1. The lowest BCUT2D eigenvalue weighted by molar-refractivity contribution is 0.360. The molecule has 0 saturated heterocycles. The molecule has 0 saturated carbocycles. The van der Waals surface area contributed by atoms with Crippen molar-refractivity contribution in [1.29, 1.82) is 0 Å². The minimum Gasteiger partial charge on any atom is -0.378 e. The lowest BCUT2D eigenvalue weighted by Gasteiger charge is -2.27. The van der Waals surface area contributed by atoms with Crippen LogP contribution < -0.4 is 0 Å². The minimum atomic E-state index is -0.439. The molecule has 1 atom stereocenters. The molecule has 0 fully saturated rings. The van der Waals surface area contributed by atoms with Crippen molar-refractivity contribution in [2.75, 3.05) is 13.1 Å². The molecule has 1 unspecified atom stereocenters. The largest absolute Gasteiger partial charge is 0.378 e. The summed E-state index contributed by atoms with van der Waals surface area (Å²) in [5.74, 6) is -0.616. The van der Waals surface area contributed by atoms with Crippen molar-refractivity contribution in [2.24, 2.45) is 7.05 Å². The summed E-state index contributed by atoms with van der Waals surface area (Å²) >= 11 is 0. The number of fused-ring (bicyclic) bond motifs is 2. The maximum atomic E-state index is 15.0. The van der Waals surface area contributed by atoms with Gasteiger partial charge in [0.05, 0.1) is 11.2 Å². The van der Waals surface area contributed by atoms with E-state index in [2.05, 4.69) is 39.4 Å². The normalized spacial score (nSPS) is 16.7. The van der Waals surface area contributed by atoms with Gasteiger partial charge in [-0.25, -0.2) is 8.78 Å². The third-order valence-electron chi connectivity index (χ3n) is 5.74. The van der Waals surface area contributed by atoms with Crippen LogP contribution in [0.4, 0.5) is 8.78 Å². The van der Waals surface area contributed by atoms with Crippen LogP contribution in [-0.4, -0.2) is 38.0 Å². The summed E-state index contributed by atoms with van der Waals surface area (Å²) in [7, 11) is 1.74. The molecule has 5 nitrogen and oxygen atoms in total. The first-order valence-corrected chi connectivity index (χ1v) is 10.0. The third kappa shape index (κ3) is 3.20. The second kappa shape index (κ2) is 7.16. The van der Waals surface area contributed by atoms with E-state index in [0.717, 1.165) is 25.1 Å². The highest BCUT2D eigenvalue weighted by atomic mass is 19.1. The number of benzene rings is 2. The van der Waals surface area contributed by atoms with Gasteiger partial charge in [0.15, 0.2) is 5.82 Å². The molecule has 0 radical (unpaired) electrons. The highest BCUT2D eigenvalue weighted by Crippen LogP contribution is 2.31. The number of aromatic nitrogens is 4. The number of hydrogen-bond donors (Lipinski definition) is 0. The monoisotopic (exact) mass is 405 g/mol. The highest BCUT2D eigenvalue weighted by Gasteiger charge is 2.18. The molecular weight excluding hydrogens is 384 g/mol. The Hall–Kier alpha value is -3.35. The zero-order chi connectivity index (χ0) is 20.8. The lowest BCUT2D eigenvalue weighted by atomic mass is 9.92. The first-order chi connectivity index (χ1) is 14.5. The van der Waals surface area contributed by atoms with Crippen molar-refractivity contribution in [1.82, 2.24) is 24.9 Å². The minimum absolute atomic E-state index is 0.162. The van der Waals surface area contributed by atoms with Crippen LogP contribution in [0, 0.1) is 11.6 Å². The van der Waals surface area contributed by atoms with Gasteiger partial charge >= 0.3 is 0 Å². The zero-order valence-electron chi connectivity index (χ0n) is 16.8. The number of hydrogen-bond acceptors (Lipinski definition) is 4. The van der Waals surface area contributed by atoms with E-state index in [-0.39, 0.29) is 11.7 Å². The summed E-state index contributed by atoms with van der Waals surface area (Å²) < 4.78 is 31.0. The van der Waals surface area contributed by atoms with Crippen LogP contribution >= 0.6 is 0 Å². The van der Waals surface area contributed by atoms with Crippen molar-refractivity contribution in [3.8, 4) is 11.3 Å². The molecule has 1 aliphatic heterocycles. The predicted molar refractivity (Wildman–Crippen MR) is 113 cm³/mol. The van der Waals surface area contributed by atoms with Gasteiger partial charge in [-0.05, 0) is 55.4 Å². The van der Waals surface area contributed by atoms with E-state index < -0.39 is 5.82 Å². The molecule has 0 amide bonds. The van der Waals surface area contributed by atoms with Crippen molar-refractivity contribution < 1.29 is 8.78 Å².